The normalized spacial score (nSPS) is 13.0. The second-order valence-electron chi connectivity index (χ2n) is 3.92. The number of anilines is 1. The molecule has 0 heterocycles. The van der Waals surface area contributed by atoms with Crippen LogP contribution in [0.15, 0.2) is 12.1 Å². The molecule has 1 unspecified atom stereocenters. The van der Waals surface area contributed by atoms with Gasteiger partial charge in [0, 0.05) is 18.2 Å². The first-order valence-corrected chi connectivity index (χ1v) is 4.83. The van der Waals surface area contributed by atoms with Gasteiger partial charge in [0.05, 0.1) is 0 Å². The smallest absolute Gasteiger partial charge is 0.152 e. The molecule has 1 nitrogen and oxygen atoms in total. The highest BCUT2D eigenvalue weighted by Gasteiger charge is 2.15. The summed E-state index contributed by atoms with van der Waals surface area (Å²) in [6, 6.07) is 1.25. The predicted molar refractivity (Wildman–Crippen MR) is 54.2 cm³/mol. The largest absolute Gasteiger partial charge is 0.378 e. The maximum atomic E-state index is 13.2. The minimum Gasteiger partial charge on any atom is -0.378 e. The van der Waals surface area contributed by atoms with Gasteiger partial charge in [0.2, 0.25) is 0 Å². The second kappa shape index (κ2) is 4.55. The third-order valence-corrected chi connectivity index (χ3v) is 2.38. The molecule has 1 atom stereocenters. The van der Waals surface area contributed by atoms with Gasteiger partial charge >= 0.3 is 0 Å². The molecule has 0 spiro atoms. The Morgan fingerprint density at radius 3 is 1.87 bits per heavy atom. The van der Waals surface area contributed by atoms with Crippen LogP contribution in [0, 0.1) is 23.4 Å². The SMILES string of the molecule is CC(C)C(C)Nc1c(F)cc(F)cc1F. The topological polar surface area (TPSA) is 12.0 Å². The number of benzene rings is 1. The summed E-state index contributed by atoms with van der Waals surface area (Å²) in [4.78, 5) is 0. The van der Waals surface area contributed by atoms with Gasteiger partial charge < -0.3 is 5.32 Å². The van der Waals surface area contributed by atoms with Crippen LogP contribution in [0.3, 0.4) is 0 Å². The molecular formula is C11H14F3N. The molecule has 1 N–H and O–H groups in total. The van der Waals surface area contributed by atoms with Crippen LogP contribution in [0.2, 0.25) is 0 Å². The van der Waals surface area contributed by atoms with Gasteiger partial charge in [-0.25, -0.2) is 13.2 Å². The number of rotatable bonds is 3. The van der Waals surface area contributed by atoms with Crippen molar-refractivity contribution < 1.29 is 13.2 Å². The van der Waals surface area contributed by atoms with Gasteiger partial charge in [0.25, 0.3) is 0 Å². The van der Waals surface area contributed by atoms with Crippen molar-refractivity contribution >= 4 is 5.69 Å². The van der Waals surface area contributed by atoms with E-state index in [0.29, 0.717) is 12.1 Å². The van der Waals surface area contributed by atoms with E-state index in [1.54, 1.807) is 0 Å². The summed E-state index contributed by atoms with van der Waals surface area (Å²) in [5.74, 6) is -2.48. The first-order chi connectivity index (χ1) is 6.91. The van der Waals surface area contributed by atoms with E-state index >= 15 is 0 Å². The summed E-state index contributed by atoms with van der Waals surface area (Å²) in [6.45, 7) is 5.67. The Hall–Kier alpha value is -1.19. The van der Waals surface area contributed by atoms with Gasteiger partial charge in [-0.15, -0.1) is 0 Å². The summed E-state index contributed by atoms with van der Waals surface area (Å²) in [5, 5.41) is 2.69. The first kappa shape index (κ1) is 11.9. The van der Waals surface area contributed by atoms with Crippen molar-refractivity contribution in [2.45, 2.75) is 26.8 Å². The molecule has 84 valence electrons. The molecule has 0 fully saturated rings. The molecule has 4 heteroatoms. The van der Waals surface area contributed by atoms with Crippen molar-refractivity contribution in [1.29, 1.82) is 0 Å². The van der Waals surface area contributed by atoms with E-state index in [1.165, 1.54) is 0 Å². The maximum Gasteiger partial charge on any atom is 0.152 e. The van der Waals surface area contributed by atoms with Crippen LogP contribution in [0.5, 0.6) is 0 Å². The third kappa shape index (κ3) is 2.88. The molecular weight excluding hydrogens is 203 g/mol. The van der Waals surface area contributed by atoms with Crippen molar-refractivity contribution in [2.24, 2.45) is 5.92 Å². The van der Waals surface area contributed by atoms with Gasteiger partial charge in [-0.05, 0) is 12.8 Å². The summed E-state index contributed by atoms with van der Waals surface area (Å²) in [7, 11) is 0. The summed E-state index contributed by atoms with van der Waals surface area (Å²) in [6.07, 6.45) is 0. The van der Waals surface area contributed by atoms with E-state index in [-0.39, 0.29) is 17.6 Å². The van der Waals surface area contributed by atoms with Crippen LogP contribution in [0.4, 0.5) is 18.9 Å². The fourth-order valence-corrected chi connectivity index (χ4v) is 1.07. The Balaban J connectivity index is 2.95. The number of hydrogen-bond acceptors (Lipinski definition) is 1. The lowest BCUT2D eigenvalue weighted by atomic mass is 10.1. The first-order valence-electron chi connectivity index (χ1n) is 4.83. The Labute approximate surface area is 87.3 Å². The minimum atomic E-state index is -0.909. The molecule has 0 radical (unpaired) electrons. The summed E-state index contributed by atoms with van der Waals surface area (Å²) >= 11 is 0. The van der Waals surface area contributed by atoms with Gasteiger partial charge in [0.15, 0.2) is 11.6 Å². The lowest BCUT2D eigenvalue weighted by Crippen LogP contribution is -2.23. The summed E-state index contributed by atoms with van der Waals surface area (Å²) in [5.41, 5.74) is -0.266. The Morgan fingerprint density at radius 1 is 1.00 bits per heavy atom. The van der Waals surface area contributed by atoms with E-state index in [0.717, 1.165) is 0 Å². The monoisotopic (exact) mass is 217 g/mol. The molecule has 1 aromatic rings. The summed E-state index contributed by atoms with van der Waals surface area (Å²) < 4.78 is 39.0. The van der Waals surface area contributed by atoms with E-state index in [9.17, 15) is 13.2 Å². The van der Waals surface area contributed by atoms with E-state index in [1.807, 2.05) is 20.8 Å². The lowest BCUT2D eigenvalue weighted by Gasteiger charge is -2.19. The molecule has 0 aromatic heterocycles. The Morgan fingerprint density at radius 2 is 1.47 bits per heavy atom. The van der Waals surface area contributed by atoms with Gasteiger partial charge in [-0.2, -0.15) is 0 Å². The van der Waals surface area contributed by atoms with Crippen LogP contribution < -0.4 is 5.32 Å². The van der Waals surface area contributed by atoms with Crippen molar-refractivity contribution in [3.8, 4) is 0 Å². The van der Waals surface area contributed by atoms with Gasteiger partial charge in [-0.3, -0.25) is 0 Å². The van der Waals surface area contributed by atoms with E-state index in [4.69, 9.17) is 0 Å². The highest BCUT2D eigenvalue weighted by atomic mass is 19.1. The average molecular weight is 217 g/mol. The zero-order chi connectivity index (χ0) is 11.6. The molecule has 0 saturated heterocycles. The number of halogens is 3. The van der Waals surface area contributed by atoms with Crippen LogP contribution in [0.1, 0.15) is 20.8 Å². The van der Waals surface area contributed by atoms with Crippen LogP contribution in [-0.4, -0.2) is 6.04 Å². The minimum absolute atomic E-state index is 0.0838. The Kier molecular flexibility index (Phi) is 3.61. The highest BCUT2D eigenvalue weighted by Crippen LogP contribution is 2.22. The molecule has 0 aliphatic heterocycles. The Bertz CT molecular complexity index is 327. The molecule has 15 heavy (non-hydrogen) atoms. The van der Waals surface area contributed by atoms with Crippen molar-refractivity contribution in [3.05, 3.63) is 29.6 Å². The number of hydrogen-bond donors (Lipinski definition) is 1. The second-order valence-corrected chi connectivity index (χ2v) is 3.92. The molecule has 0 aliphatic carbocycles. The van der Waals surface area contributed by atoms with Crippen molar-refractivity contribution in [2.75, 3.05) is 5.32 Å². The average Bonchev–Trinajstić information content (AvgIpc) is 2.10. The van der Waals surface area contributed by atoms with E-state index < -0.39 is 17.5 Å². The molecule has 1 rings (SSSR count). The quantitative estimate of drug-likeness (QED) is 0.816. The fraction of sp³-hybridized carbons (Fsp3) is 0.455. The number of nitrogens with one attached hydrogen (secondary N) is 1. The highest BCUT2D eigenvalue weighted by molar-refractivity contribution is 5.47. The predicted octanol–water partition coefficient (Wildman–Crippen LogP) is 3.56. The molecule has 0 saturated carbocycles. The van der Waals surface area contributed by atoms with Crippen molar-refractivity contribution in [1.82, 2.24) is 0 Å². The van der Waals surface area contributed by atoms with Gasteiger partial charge in [-0.1, -0.05) is 13.8 Å². The molecule has 0 bridgehead atoms. The van der Waals surface area contributed by atoms with Crippen LogP contribution in [-0.2, 0) is 0 Å². The standard InChI is InChI=1S/C11H14F3N/c1-6(2)7(3)15-11-9(13)4-8(12)5-10(11)14/h4-7,15H,1-3H3. The maximum absolute atomic E-state index is 13.2. The zero-order valence-electron chi connectivity index (χ0n) is 8.94. The molecule has 1 aromatic carbocycles. The van der Waals surface area contributed by atoms with E-state index in [2.05, 4.69) is 5.32 Å². The van der Waals surface area contributed by atoms with Crippen LogP contribution in [0.25, 0.3) is 0 Å². The fourth-order valence-electron chi connectivity index (χ4n) is 1.07. The van der Waals surface area contributed by atoms with Crippen LogP contribution >= 0.6 is 0 Å². The molecule has 0 aliphatic rings. The lowest BCUT2D eigenvalue weighted by molar-refractivity contribution is 0.524. The molecule has 0 amide bonds. The zero-order valence-corrected chi connectivity index (χ0v) is 8.94. The van der Waals surface area contributed by atoms with Gasteiger partial charge in [0.1, 0.15) is 11.5 Å². The third-order valence-electron chi connectivity index (χ3n) is 2.38. The van der Waals surface area contributed by atoms with Crippen molar-refractivity contribution in [3.63, 3.8) is 0 Å².